The predicted octanol–water partition coefficient (Wildman–Crippen LogP) is 7.92. The second-order valence-electron chi connectivity index (χ2n) is 9.30. The molecule has 1 unspecified atom stereocenters. The lowest BCUT2D eigenvalue weighted by molar-refractivity contribution is 0.443. The van der Waals surface area contributed by atoms with Crippen molar-refractivity contribution in [1.82, 2.24) is 0 Å². The van der Waals surface area contributed by atoms with Gasteiger partial charge in [-0.05, 0) is 84.4 Å². The van der Waals surface area contributed by atoms with Crippen molar-refractivity contribution in [1.29, 1.82) is 0 Å². The van der Waals surface area contributed by atoms with Crippen molar-refractivity contribution in [2.45, 2.75) is 64.7 Å². The van der Waals surface area contributed by atoms with Gasteiger partial charge >= 0.3 is 0 Å². The third-order valence-corrected chi connectivity index (χ3v) is 7.36. The van der Waals surface area contributed by atoms with Gasteiger partial charge in [-0.15, -0.1) is 0 Å². The topological polar surface area (TPSA) is 0 Å². The zero-order valence-corrected chi connectivity index (χ0v) is 17.9. The SMILES string of the molecule is CC1=CCC(C)=C1C1=CC=C(Cc2ccc(C3CCCCC3)cc2)C2=CC=CC21. The van der Waals surface area contributed by atoms with Crippen molar-refractivity contribution in [3.63, 3.8) is 0 Å². The van der Waals surface area contributed by atoms with E-state index in [0.29, 0.717) is 5.92 Å². The van der Waals surface area contributed by atoms with Crippen LogP contribution in [0.15, 0.2) is 94.2 Å². The molecular formula is C29H32. The molecule has 1 fully saturated rings. The van der Waals surface area contributed by atoms with Crippen LogP contribution in [0, 0.1) is 5.92 Å². The number of hydrogen-bond acceptors (Lipinski definition) is 0. The summed E-state index contributed by atoms with van der Waals surface area (Å²) < 4.78 is 0. The molecule has 4 aliphatic carbocycles. The fourth-order valence-corrected chi connectivity index (χ4v) is 5.73. The third kappa shape index (κ3) is 3.54. The zero-order chi connectivity index (χ0) is 19.8. The summed E-state index contributed by atoms with van der Waals surface area (Å²) in [5.74, 6) is 1.23. The number of benzene rings is 1. The molecule has 0 nitrogen and oxygen atoms in total. The van der Waals surface area contributed by atoms with E-state index in [1.807, 2.05) is 0 Å². The molecule has 0 bridgehead atoms. The molecule has 0 N–H and O–H groups in total. The summed E-state index contributed by atoms with van der Waals surface area (Å²) in [6.45, 7) is 4.56. The Bertz CT molecular complexity index is 979. The molecule has 0 radical (unpaired) electrons. The van der Waals surface area contributed by atoms with Crippen LogP contribution in [-0.4, -0.2) is 0 Å². The van der Waals surface area contributed by atoms with Crippen molar-refractivity contribution in [2.24, 2.45) is 5.92 Å². The predicted molar refractivity (Wildman–Crippen MR) is 124 cm³/mol. The van der Waals surface area contributed by atoms with Crippen LogP contribution in [0.3, 0.4) is 0 Å². The lowest BCUT2D eigenvalue weighted by Gasteiger charge is -2.26. The van der Waals surface area contributed by atoms with E-state index in [4.69, 9.17) is 0 Å². The molecule has 0 heteroatoms. The lowest BCUT2D eigenvalue weighted by Crippen LogP contribution is -2.12. The average Bonchev–Trinajstić information content (AvgIpc) is 3.37. The molecule has 0 aliphatic heterocycles. The maximum Gasteiger partial charge on any atom is 0.0281 e. The highest BCUT2D eigenvalue weighted by Crippen LogP contribution is 2.44. The van der Waals surface area contributed by atoms with Gasteiger partial charge in [0.15, 0.2) is 0 Å². The van der Waals surface area contributed by atoms with Gasteiger partial charge in [-0.25, -0.2) is 0 Å². The molecule has 1 aromatic carbocycles. The van der Waals surface area contributed by atoms with Crippen molar-refractivity contribution < 1.29 is 0 Å². The number of rotatable bonds is 4. The molecule has 0 aromatic heterocycles. The first kappa shape index (κ1) is 18.7. The summed E-state index contributed by atoms with van der Waals surface area (Å²) in [6.07, 6.45) is 23.2. The standard InChI is InChI=1S/C29H32/c1-20-11-12-21(2)29(20)28-18-17-25(26-9-6-10-27(26)28)19-22-13-15-24(16-14-22)23-7-4-3-5-8-23/h6,9-11,13-18,23,27H,3-5,7-8,12,19H2,1-2H3. The van der Waals surface area contributed by atoms with E-state index in [1.165, 1.54) is 71.1 Å². The van der Waals surface area contributed by atoms with Crippen LogP contribution in [0.4, 0.5) is 0 Å². The van der Waals surface area contributed by atoms with Gasteiger partial charge in [-0.2, -0.15) is 0 Å². The Labute approximate surface area is 176 Å². The summed E-state index contributed by atoms with van der Waals surface area (Å²) in [4.78, 5) is 0. The van der Waals surface area contributed by atoms with Crippen LogP contribution in [-0.2, 0) is 6.42 Å². The monoisotopic (exact) mass is 380 g/mol. The Morgan fingerprint density at radius 3 is 2.38 bits per heavy atom. The number of hydrogen-bond donors (Lipinski definition) is 0. The molecule has 4 aliphatic rings. The van der Waals surface area contributed by atoms with E-state index in [9.17, 15) is 0 Å². The van der Waals surface area contributed by atoms with Gasteiger partial charge in [0.25, 0.3) is 0 Å². The van der Waals surface area contributed by atoms with Crippen LogP contribution in [0.1, 0.15) is 69.4 Å². The van der Waals surface area contributed by atoms with Gasteiger partial charge in [-0.1, -0.05) is 85.6 Å². The van der Waals surface area contributed by atoms with Crippen molar-refractivity contribution in [3.8, 4) is 0 Å². The molecule has 0 saturated heterocycles. The molecule has 1 atom stereocenters. The summed E-state index contributed by atoms with van der Waals surface area (Å²) in [7, 11) is 0. The molecule has 0 spiro atoms. The van der Waals surface area contributed by atoms with Gasteiger partial charge in [0.1, 0.15) is 0 Å². The summed E-state index contributed by atoms with van der Waals surface area (Å²) in [5.41, 5.74) is 11.9. The van der Waals surface area contributed by atoms with Crippen LogP contribution in [0.25, 0.3) is 0 Å². The summed E-state index contributed by atoms with van der Waals surface area (Å²) in [6, 6.07) is 9.54. The number of fused-ring (bicyclic) bond motifs is 1. The van der Waals surface area contributed by atoms with Gasteiger partial charge in [0.2, 0.25) is 0 Å². The van der Waals surface area contributed by atoms with E-state index >= 15 is 0 Å². The molecule has 1 saturated carbocycles. The van der Waals surface area contributed by atoms with Crippen molar-refractivity contribution in [3.05, 3.63) is 105 Å². The van der Waals surface area contributed by atoms with Gasteiger partial charge in [0, 0.05) is 5.92 Å². The Hall–Kier alpha value is -2.34. The largest absolute Gasteiger partial charge is 0.0769 e. The Morgan fingerprint density at radius 2 is 1.66 bits per heavy atom. The Balaban J connectivity index is 1.38. The summed E-state index contributed by atoms with van der Waals surface area (Å²) in [5, 5.41) is 0. The minimum Gasteiger partial charge on any atom is -0.0769 e. The van der Waals surface area contributed by atoms with Gasteiger partial charge in [0.05, 0.1) is 0 Å². The van der Waals surface area contributed by atoms with Gasteiger partial charge in [-0.3, -0.25) is 0 Å². The maximum absolute atomic E-state index is 2.40. The Kier molecular flexibility index (Phi) is 5.04. The smallest absolute Gasteiger partial charge is 0.0281 e. The first-order valence-electron chi connectivity index (χ1n) is 11.5. The molecule has 0 amide bonds. The first-order valence-corrected chi connectivity index (χ1v) is 11.5. The molecular weight excluding hydrogens is 348 g/mol. The van der Waals surface area contributed by atoms with Gasteiger partial charge < -0.3 is 0 Å². The van der Waals surface area contributed by atoms with Crippen LogP contribution in [0.5, 0.6) is 0 Å². The minimum atomic E-state index is 0.433. The van der Waals surface area contributed by atoms with Crippen LogP contribution in [0.2, 0.25) is 0 Å². The molecule has 5 rings (SSSR count). The highest BCUT2D eigenvalue weighted by atomic mass is 14.3. The second-order valence-corrected chi connectivity index (χ2v) is 9.30. The zero-order valence-electron chi connectivity index (χ0n) is 17.9. The first-order chi connectivity index (χ1) is 14.2. The normalized spacial score (nSPS) is 24.3. The quantitative estimate of drug-likeness (QED) is 0.497. The van der Waals surface area contributed by atoms with Crippen LogP contribution < -0.4 is 0 Å². The van der Waals surface area contributed by atoms with E-state index in [0.717, 1.165) is 18.8 Å². The van der Waals surface area contributed by atoms with Crippen LogP contribution >= 0.6 is 0 Å². The highest BCUT2D eigenvalue weighted by Gasteiger charge is 2.29. The van der Waals surface area contributed by atoms with E-state index in [1.54, 1.807) is 5.56 Å². The molecule has 0 heterocycles. The minimum absolute atomic E-state index is 0.433. The second kappa shape index (κ2) is 7.82. The van der Waals surface area contributed by atoms with E-state index in [-0.39, 0.29) is 0 Å². The van der Waals surface area contributed by atoms with E-state index in [2.05, 4.69) is 74.6 Å². The fraction of sp³-hybridized carbons (Fsp3) is 0.379. The molecule has 29 heavy (non-hydrogen) atoms. The molecule has 148 valence electrons. The molecule has 1 aromatic rings. The van der Waals surface area contributed by atoms with E-state index < -0.39 is 0 Å². The fourth-order valence-electron chi connectivity index (χ4n) is 5.73. The number of allylic oxidation sites excluding steroid dienone is 12. The Morgan fingerprint density at radius 1 is 0.862 bits per heavy atom. The third-order valence-electron chi connectivity index (χ3n) is 7.36. The maximum atomic E-state index is 2.40. The van der Waals surface area contributed by atoms with Crippen molar-refractivity contribution >= 4 is 0 Å². The summed E-state index contributed by atoms with van der Waals surface area (Å²) >= 11 is 0. The highest BCUT2D eigenvalue weighted by molar-refractivity contribution is 5.64. The van der Waals surface area contributed by atoms with Crippen molar-refractivity contribution in [2.75, 3.05) is 0 Å². The lowest BCUT2D eigenvalue weighted by atomic mass is 9.77. The average molecular weight is 381 g/mol.